The highest BCUT2D eigenvalue weighted by Crippen LogP contribution is 2.41. The third kappa shape index (κ3) is 3.14. The average molecular weight is 266 g/mol. The van der Waals surface area contributed by atoms with Crippen LogP contribution in [0.25, 0.3) is 0 Å². The lowest BCUT2D eigenvalue weighted by molar-refractivity contribution is -0.0569. The van der Waals surface area contributed by atoms with Gasteiger partial charge in [0.1, 0.15) is 0 Å². The lowest BCUT2D eigenvalue weighted by Crippen LogP contribution is -2.50. The molecule has 0 aromatic rings. The van der Waals surface area contributed by atoms with Crippen molar-refractivity contribution < 1.29 is 4.74 Å². The quantitative estimate of drug-likeness (QED) is 0.779. The Morgan fingerprint density at radius 1 is 1.00 bits per heavy atom. The summed E-state index contributed by atoms with van der Waals surface area (Å²) in [7, 11) is 0. The molecule has 3 nitrogen and oxygen atoms in total. The standard InChI is InChI=1S/C16H30N2O/c1-14(2)18-9-5-16(6-10-18)3-7-17(8-4-16)11-15-12-19-13-15/h14-15H,3-13H2,1-2H3. The molecular weight excluding hydrogens is 236 g/mol. The molecule has 0 aromatic carbocycles. The van der Waals surface area contributed by atoms with E-state index >= 15 is 0 Å². The van der Waals surface area contributed by atoms with Crippen LogP contribution in [0.3, 0.4) is 0 Å². The van der Waals surface area contributed by atoms with E-state index in [2.05, 4.69) is 23.6 Å². The molecule has 3 fully saturated rings. The second-order valence-corrected chi connectivity index (χ2v) is 7.33. The molecule has 0 radical (unpaired) electrons. The highest BCUT2D eigenvalue weighted by Gasteiger charge is 2.38. The predicted octanol–water partition coefficient (Wildman–Crippen LogP) is 2.22. The second kappa shape index (κ2) is 5.71. The lowest BCUT2D eigenvalue weighted by atomic mass is 9.71. The maximum Gasteiger partial charge on any atom is 0.0528 e. The average Bonchev–Trinajstić information content (AvgIpc) is 2.37. The first kappa shape index (κ1) is 13.8. The van der Waals surface area contributed by atoms with Gasteiger partial charge < -0.3 is 14.5 Å². The van der Waals surface area contributed by atoms with Gasteiger partial charge >= 0.3 is 0 Å². The van der Waals surface area contributed by atoms with Crippen LogP contribution in [-0.4, -0.2) is 61.8 Å². The fraction of sp³-hybridized carbons (Fsp3) is 1.00. The maximum absolute atomic E-state index is 5.29. The van der Waals surface area contributed by atoms with Crippen molar-refractivity contribution in [1.29, 1.82) is 0 Å². The Bertz CT molecular complexity index is 283. The van der Waals surface area contributed by atoms with Crippen molar-refractivity contribution >= 4 is 0 Å². The number of ether oxygens (including phenoxy) is 1. The number of piperidine rings is 2. The second-order valence-electron chi connectivity index (χ2n) is 7.33. The summed E-state index contributed by atoms with van der Waals surface area (Å²) in [5.41, 5.74) is 0.692. The van der Waals surface area contributed by atoms with Gasteiger partial charge in [-0.15, -0.1) is 0 Å². The van der Waals surface area contributed by atoms with E-state index < -0.39 is 0 Å². The van der Waals surface area contributed by atoms with Crippen LogP contribution in [0.15, 0.2) is 0 Å². The molecule has 0 atom stereocenters. The zero-order valence-electron chi connectivity index (χ0n) is 12.7. The summed E-state index contributed by atoms with van der Waals surface area (Å²) in [5, 5.41) is 0. The smallest absolute Gasteiger partial charge is 0.0528 e. The summed E-state index contributed by atoms with van der Waals surface area (Å²) in [4.78, 5) is 5.34. The maximum atomic E-state index is 5.29. The van der Waals surface area contributed by atoms with Crippen LogP contribution in [0.5, 0.6) is 0 Å². The van der Waals surface area contributed by atoms with Gasteiger partial charge in [0.25, 0.3) is 0 Å². The molecule has 0 bridgehead atoms. The largest absolute Gasteiger partial charge is 0.381 e. The van der Waals surface area contributed by atoms with Crippen LogP contribution in [0.1, 0.15) is 39.5 Å². The van der Waals surface area contributed by atoms with Crippen molar-refractivity contribution in [2.24, 2.45) is 11.3 Å². The van der Waals surface area contributed by atoms with Gasteiger partial charge in [0.15, 0.2) is 0 Å². The molecule has 3 rings (SSSR count). The van der Waals surface area contributed by atoms with E-state index in [4.69, 9.17) is 4.74 Å². The highest BCUT2D eigenvalue weighted by atomic mass is 16.5. The van der Waals surface area contributed by atoms with Gasteiger partial charge in [0, 0.05) is 18.5 Å². The third-order valence-electron chi connectivity index (χ3n) is 5.73. The molecule has 0 aromatic heterocycles. The zero-order chi connectivity index (χ0) is 13.3. The fourth-order valence-electron chi connectivity index (χ4n) is 3.98. The molecule has 3 heteroatoms. The highest BCUT2D eigenvalue weighted by molar-refractivity contribution is 4.91. The summed E-state index contributed by atoms with van der Waals surface area (Å²) >= 11 is 0. The topological polar surface area (TPSA) is 15.7 Å². The summed E-state index contributed by atoms with van der Waals surface area (Å²) in [6, 6.07) is 0.732. The molecule has 0 N–H and O–H groups in total. The molecule has 0 amide bonds. The van der Waals surface area contributed by atoms with Crippen molar-refractivity contribution in [2.45, 2.75) is 45.6 Å². The fourth-order valence-corrected chi connectivity index (χ4v) is 3.98. The lowest BCUT2D eigenvalue weighted by Gasteiger charge is -2.48. The predicted molar refractivity (Wildman–Crippen MR) is 78.4 cm³/mol. The number of likely N-dealkylation sites (tertiary alicyclic amines) is 2. The number of hydrogen-bond donors (Lipinski definition) is 0. The molecular formula is C16H30N2O. The number of rotatable bonds is 3. The Balaban J connectivity index is 1.44. The molecule has 3 aliphatic rings. The Morgan fingerprint density at radius 3 is 2.05 bits per heavy atom. The Morgan fingerprint density at radius 2 is 1.58 bits per heavy atom. The van der Waals surface area contributed by atoms with Crippen LogP contribution in [0, 0.1) is 11.3 Å². The van der Waals surface area contributed by atoms with Crippen LogP contribution < -0.4 is 0 Å². The molecule has 0 saturated carbocycles. The van der Waals surface area contributed by atoms with Crippen LogP contribution in [0.4, 0.5) is 0 Å². The van der Waals surface area contributed by atoms with Gasteiger partial charge in [0.2, 0.25) is 0 Å². The van der Waals surface area contributed by atoms with E-state index in [0.717, 1.165) is 25.2 Å². The van der Waals surface area contributed by atoms with Crippen molar-refractivity contribution in [2.75, 3.05) is 45.9 Å². The minimum Gasteiger partial charge on any atom is -0.381 e. The van der Waals surface area contributed by atoms with Crippen LogP contribution in [-0.2, 0) is 4.74 Å². The molecule has 110 valence electrons. The number of nitrogens with zero attached hydrogens (tertiary/aromatic N) is 2. The third-order valence-corrected chi connectivity index (χ3v) is 5.73. The monoisotopic (exact) mass is 266 g/mol. The first-order valence-corrected chi connectivity index (χ1v) is 8.21. The van der Waals surface area contributed by atoms with Gasteiger partial charge in [-0.2, -0.15) is 0 Å². The van der Waals surface area contributed by atoms with E-state index in [-0.39, 0.29) is 0 Å². The molecule has 1 spiro atoms. The molecule has 3 aliphatic heterocycles. The number of hydrogen-bond acceptors (Lipinski definition) is 3. The van der Waals surface area contributed by atoms with E-state index in [1.54, 1.807) is 0 Å². The first-order chi connectivity index (χ1) is 9.17. The molecule has 0 unspecified atom stereocenters. The van der Waals surface area contributed by atoms with E-state index in [1.807, 2.05) is 0 Å². The first-order valence-electron chi connectivity index (χ1n) is 8.21. The Labute approximate surface area is 118 Å². The van der Waals surface area contributed by atoms with E-state index in [9.17, 15) is 0 Å². The minimum atomic E-state index is 0.692. The van der Waals surface area contributed by atoms with Crippen LogP contribution in [0.2, 0.25) is 0 Å². The summed E-state index contributed by atoms with van der Waals surface area (Å²) < 4.78 is 5.29. The summed E-state index contributed by atoms with van der Waals surface area (Å²) in [6.45, 7) is 13.3. The van der Waals surface area contributed by atoms with Gasteiger partial charge in [-0.25, -0.2) is 0 Å². The molecule has 3 saturated heterocycles. The summed E-state index contributed by atoms with van der Waals surface area (Å²) in [5.74, 6) is 0.830. The van der Waals surface area contributed by atoms with Crippen molar-refractivity contribution in [3.8, 4) is 0 Å². The molecule has 0 aliphatic carbocycles. The van der Waals surface area contributed by atoms with Gasteiger partial charge in [-0.05, 0) is 71.1 Å². The Kier molecular flexibility index (Phi) is 4.16. The normalized spacial score (nSPS) is 29.8. The SMILES string of the molecule is CC(C)N1CCC2(CCN(CC3COC3)CC2)CC1. The summed E-state index contributed by atoms with van der Waals surface area (Å²) in [6.07, 6.45) is 5.75. The van der Waals surface area contributed by atoms with Gasteiger partial charge in [-0.1, -0.05) is 0 Å². The van der Waals surface area contributed by atoms with E-state index in [1.165, 1.54) is 58.4 Å². The van der Waals surface area contributed by atoms with Gasteiger partial charge in [0.05, 0.1) is 13.2 Å². The van der Waals surface area contributed by atoms with Crippen molar-refractivity contribution in [3.05, 3.63) is 0 Å². The van der Waals surface area contributed by atoms with Gasteiger partial charge in [-0.3, -0.25) is 0 Å². The molecule has 3 heterocycles. The minimum absolute atomic E-state index is 0.692. The van der Waals surface area contributed by atoms with Crippen LogP contribution >= 0.6 is 0 Å². The zero-order valence-corrected chi connectivity index (χ0v) is 12.7. The Hall–Kier alpha value is -0.120. The molecule has 19 heavy (non-hydrogen) atoms. The van der Waals surface area contributed by atoms with Crippen molar-refractivity contribution in [3.63, 3.8) is 0 Å². The van der Waals surface area contributed by atoms with Crippen molar-refractivity contribution in [1.82, 2.24) is 9.80 Å². The van der Waals surface area contributed by atoms with E-state index in [0.29, 0.717) is 5.41 Å².